The molecule has 2 fully saturated rings. The Morgan fingerprint density at radius 1 is 1.07 bits per heavy atom. The maximum absolute atomic E-state index is 12.5. The van der Waals surface area contributed by atoms with E-state index in [1.165, 1.54) is 12.8 Å². The smallest absolute Gasteiger partial charge is 0.251 e. The second-order valence-electron chi connectivity index (χ2n) is 8.52. The minimum absolute atomic E-state index is 0. The van der Waals surface area contributed by atoms with Crippen molar-refractivity contribution in [3.05, 3.63) is 35.4 Å². The molecular weight excluding hydrogens is 423 g/mol. The molecule has 170 valence electrons. The monoisotopic (exact) mass is 458 g/mol. The molecule has 6 nitrogen and oxygen atoms in total. The van der Waals surface area contributed by atoms with E-state index in [0.29, 0.717) is 18.7 Å². The average Bonchev–Trinajstić information content (AvgIpc) is 3.19. The summed E-state index contributed by atoms with van der Waals surface area (Å²) >= 11 is 0. The van der Waals surface area contributed by atoms with Crippen LogP contribution in [0, 0.1) is 5.92 Å². The van der Waals surface area contributed by atoms with Crippen molar-refractivity contribution in [2.24, 2.45) is 11.7 Å². The van der Waals surface area contributed by atoms with E-state index < -0.39 is 5.54 Å². The Hall–Kier alpha value is -1.34. The first kappa shape index (κ1) is 26.7. The standard InChI is InChI=1S/C22H34N4O2.2ClH/c1-22(23)11-3-2-6-19(22)21(28)25-16-17-7-9-18(10-8-17)20(27)24-12-15-26-13-4-5-14-26;;/h7-10,19H,2-6,11-16,23H2,1H3,(H,24,27)(H,25,28);2*1H. The molecule has 1 saturated heterocycles. The van der Waals surface area contributed by atoms with Crippen LogP contribution in [0.3, 0.4) is 0 Å². The quantitative estimate of drug-likeness (QED) is 0.585. The SMILES string of the molecule is CC1(N)CCCCC1C(=O)NCc1ccc(C(=O)NCCN2CCCC2)cc1.Cl.Cl. The van der Waals surface area contributed by atoms with Crippen LogP contribution in [0.4, 0.5) is 0 Å². The maximum Gasteiger partial charge on any atom is 0.251 e. The van der Waals surface area contributed by atoms with E-state index in [1.54, 1.807) is 0 Å². The Morgan fingerprint density at radius 2 is 1.73 bits per heavy atom. The predicted octanol–water partition coefficient (Wildman–Crippen LogP) is 2.88. The molecule has 2 atom stereocenters. The Morgan fingerprint density at radius 3 is 2.37 bits per heavy atom. The van der Waals surface area contributed by atoms with E-state index in [9.17, 15) is 9.59 Å². The number of nitrogens with one attached hydrogen (secondary N) is 2. The summed E-state index contributed by atoms with van der Waals surface area (Å²) in [6.07, 6.45) is 6.43. The van der Waals surface area contributed by atoms with Gasteiger partial charge in [0, 0.05) is 30.7 Å². The van der Waals surface area contributed by atoms with Gasteiger partial charge in [-0.3, -0.25) is 9.59 Å². The number of likely N-dealkylation sites (tertiary alicyclic amines) is 1. The largest absolute Gasteiger partial charge is 0.352 e. The molecule has 1 aromatic carbocycles. The van der Waals surface area contributed by atoms with Crippen molar-refractivity contribution in [1.82, 2.24) is 15.5 Å². The van der Waals surface area contributed by atoms with Crippen LogP contribution in [0.1, 0.15) is 61.4 Å². The lowest BCUT2D eigenvalue weighted by Gasteiger charge is -2.37. The molecule has 2 aliphatic rings. The van der Waals surface area contributed by atoms with Crippen LogP contribution < -0.4 is 16.4 Å². The number of nitrogens with two attached hydrogens (primary N) is 1. The molecule has 0 radical (unpaired) electrons. The number of hydrogen-bond acceptors (Lipinski definition) is 4. The zero-order chi connectivity index (χ0) is 20.0. The van der Waals surface area contributed by atoms with Crippen molar-refractivity contribution in [2.75, 3.05) is 26.2 Å². The molecule has 1 aliphatic carbocycles. The van der Waals surface area contributed by atoms with Crippen molar-refractivity contribution in [2.45, 2.75) is 57.5 Å². The van der Waals surface area contributed by atoms with Gasteiger partial charge in [0.05, 0.1) is 5.92 Å². The van der Waals surface area contributed by atoms with Gasteiger partial charge in [0.15, 0.2) is 0 Å². The molecular formula is C22H36Cl2N4O2. The summed E-state index contributed by atoms with van der Waals surface area (Å²) in [6, 6.07) is 7.44. The third-order valence-electron chi connectivity index (χ3n) is 6.17. The Bertz CT molecular complexity index is 676. The van der Waals surface area contributed by atoms with Gasteiger partial charge >= 0.3 is 0 Å². The Kier molecular flexibility index (Phi) is 11.1. The third-order valence-corrected chi connectivity index (χ3v) is 6.17. The molecule has 1 saturated carbocycles. The first-order valence-corrected chi connectivity index (χ1v) is 10.6. The molecule has 0 bridgehead atoms. The molecule has 0 spiro atoms. The van der Waals surface area contributed by atoms with Gasteiger partial charge in [-0.1, -0.05) is 25.0 Å². The van der Waals surface area contributed by atoms with Crippen LogP contribution in [0.15, 0.2) is 24.3 Å². The lowest BCUT2D eigenvalue weighted by Crippen LogP contribution is -2.52. The van der Waals surface area contributed by atoms with Gasteiger partial charge in [-0.2, -0.15) is 0 Å². The molecule has 0 aromatic heterocycles. The van der Waals surface area contributed by atoms with E-state index >= 15 is 0 Å². The summed E-state index contributed by atoms with van der Waals surface area (Å²) in [6.45, 7) is 6.31. The first-order valence-electron chi connectivity index (χ1n) is 10.6. The molecule has 4 N–H and O–H groups in total. The fraction of sp³-hybridized carbons (Fsp3) is 0.636. The maximum atomic E-state index is 12.5. The molecule has 1 aromatic rings. The summed E-state index contributed by atoms with van der Waals surface area (Å²) in [5, 5.41) is 6.00. The first-order chi connectivity index (χ1) is 13.5. The van der Waals surface area contributed by atoms with Crippen molar-refractivity contribution in [1.29, 1.82) is 0 Å². The fourth-order valence-corrected chi connectivity index (χ4v) is 4.31. The lowest BCUT2D eigenvalue weighted by molar-refractivity contribution is -0.128. The summed E-state index contributed by atoms with van der Waals surface area (Å²) in [7, 11) is 0. The molecule has 3 rings (SSSR count). The Balaban J connectivity index is 0.00000225. The summed E-state index contributed by atoms with van der Waals surface area (Å²) in [5.74, 6) is -0.133. The van der Waals surface area contributed by atoms with Crippen LogP contribution in [-0.2, 0) is 11.3 Å². The van der Waals surface area contributed by atoms with E-state index in [2.05, 4.69) is 15.5 Å². The second kappa shape index (κ2) is 12.5. The van der Waals surface area contributed by atoms with Crippen molar-refractivity contribution >= 4 is 36.6 Å². The van der Waals surface area contributed by atoms with Crippen LogP contribution in [0.25, 0.3) is 0 Å². The number of rotatable bonds is 7. The van der Waals surface area contributed by atoms with Gasteiger partial charge in [-0.15, -0.1) is 24.8 Å². The van der Waals surface area contributed by atoms with Gasteiger partial charge in [0.1, 0.15) is 0 Å². The van der Waals surface area contributed by atoms with Crippen LogP contribution in [-0.4, -0.2) is 48.4 Å². The zero-order valence-electron chi connectivity index (χ0n) is 17.8. The van der Waals surface area contributed by atoms with Gasteiger partial charge < -0.3 is 21.3 Å². The highest BCUT2D eigenvalue weighted by atomic mass is 35.5. The third kappa shape index (κ3) is 7.41. The van der Waals surface area contributed by atoms with Crippen molar-refractivity contribution in [3.63, 3.8) is 0 Å². The molecule has 2 amide bonds. The number of carbonyl (C=O) groups excluding carboxylic acids is 2. The predicted molar refractivity (Wildman–Crippen MR) is 125 cm³/mol. The highest BCUT2D eigenvalue weighted by molar-refractivity contribution is 5.94. The second-order valence-corrected chi connectivity index (χ2v) is 8.52. The number of amides is 2. The topological polar surface area (TPSA) is 87.5 Å². The van der Waals surface area contributed by atoms with Crippen molar-refractivity contribution < 1.29 is 9.59 Å². The molecule has 1 heterocycles. The zero-order valence-corrected chi connectivity index (χ0v) is 19.5. The lowest BCUT2D eigenvalue weighted by atomic mass is 9.74. The van der Waals surface area contributed by atoms with E-state index in [0.717, 1.165) is 50.9 Å². The summed E-state index contributed by atoms with van der Waals surface area (Å²) < 4.78 is 0. The molecule has 30 heavy (non-hydrogen) atoms. The van der Waals surface area contributed by atoms with E-state index in [-0.39, 0.29) is 42.5 Å². The Labute approximate surface area is 192 Å². The van der Waals surface area contributed by atoms with Crippen LogP contribution in [0.2, 0.25) is 0 Å². The highest BCUT2D eigenvalue weighted by Gasteiger charge is 2.37. The average molecular weight is 459 g/mol. The summed E-state index contributed by atoms with van der Waals surface area (Å²) in [5.41, 5.74) is 7.53. The van der Waals surface area contributed by atoms with Crippen LogP contribution >= 0.6 is 24.8 Å². The minimum atomic E-state index is -0.417. The van der Waals surface area contributed by atoms with Gasteiger partial charge in [0.25, 0.3) is 5.91 Å². The van der Waals surface area contributed by atoms with Gasteiger partial charge in [0.2, 0.25) is 5.91 Å². The number of hydrogen-bond donors (Lipinski definition) is 3. The van der Waals surface area contributed by atoms with Gasteiger partial charge in [-0.05, 0) is 63.4 Å². The number of benzene rings is 1. The fourth-order valence-electron chi connectivity index (χ4n) is 4.31. The number of halogens is 2. The van der Waals surface area contributed by atoms with E-state index in [4.69, 9.17) is 5.73 Å². The summed E-state index contributed by atoms with van der Waals surface area (Å²) in [4.78, 5) is 27.2. The van der Waals surface area contributed by atoms with Crippen LogP contribution in [0.5, 0.6) is 0 Å². The normalized spacial score (nSPS) is 23.7. The number of carbonyl (C=O) groups is 2. The van der Waals surface area contributed by atoms with Crippen molar-refractivity contribution in [3.8, 4) is 0 Å². The number of nitrogens with zero attached hydrogens (tertiary/aromatic N) is 1. The molecule has 1 aliphatic heterocycles. The highest BCUT2D eigenvalue weighted by Crippen LogP contribution is 2.31. The van der Waals surface area contributed by atoms with E-state index in [1.807, 2.05) is 31.2 Å². The van der Waals surface area contributed by atoms with Gasteiger partial charge in [-0.25, -0.2) is 0 Å². The molecule has 8 heteroatoms. The minimum Gasteiger partial charge on any atom is -0.352 e. The molecule has 2 unspecified atom stereocenters.